The van der Waals surface area contributed by atoms with Crippen LogP contribution in [0, 0.1) is 13.8 Å². The summed E-state index contributed by atoms with van der Waals surface area (Å²) in [5.74, 6) is -0.257. The second kappa shape index (κ2) is 5.28. The average Bonchev–Trinajstić information content (AvgIpc) is 2.44. The average molecular weight is 226 g/mol. The first-order valence-corrected chi connectivity index (χ1v) is 5.91. The molecule has 0 aliphatic carbocycles. The minimum absolute atomic E-state index is 0.257. The molecule has 1 aromatic rings. The molecule has 0 aliphatic rings. The molecule has 0 aliphatic heterocycles. The zero-order valence-corrected chi connectivity index (χ0v) is 10.3. The molecule has 0 aromatic carbocycles. The van der Waals surface area contributed by atoms with Crippen molar-refractivity contribution in [1.29, 1.82) is 0 Å². The van der Waals surface area contributed by atoms with E-state index in [2.05, 4.69) is 32.2 Å². The second-order valence-corrected chi connectivity index (χ2v) is 5.22. The molecule has 0 saturated heterocycles. The lowest BCUT2D eigenvalue weighted by Crippen LogP contribution is -2.24. The normalized spacial score (nSPS) is 12.7. The third-order valence-electron chi connectivity index (χ3n) is 2.37. The van der Waals surface area contributed by atoms with Gasteiger partial charge in [-0.3, -0.25) is 4.79 Å². The van der Waals surface area contributed by atoms with Crippen molar-refractivity contribution in [2.24, 2.45) is 5.73 Å². The van der Waals surface area contributed by atoms with Crippen LogP contribution < -0.4 is 11.1 Å². The summed E-state index contributed by atoms with van der Waals surface area (Å²) in [5, 5.41) is 3.29. The van der Waals surface area contributed by atoms with Crippen molar-refractivity contribution >= 4 is 17.2 Å². The molecular weight excluding hydrogens is 208 g/mol. The van der Waals surface area contributed by atoms with Gasteiger partial charge in [-0.05, 0) is 32.4 Å². The van der Waals surface area contributed by atoms with Gasteiger partial charge >= 0.3 is 0 Å². The summed E-state index contributed by atoms with van der Waals surface area (Å²) in [7, 11) is 0. The molecule has 3 nitrogen and oxygen atoms in total. The van der Waals surface area contributed by atoms with Gasteiger partial charge in [0, 0.05) is 28.8 Å². The molecule has 3 N–H and O–H groups in total. The molecule has 1 unspecified atom stereocenters. The Morgan fingerprint density at radius 2 is 2.27 bits per heavy atom. The Hall–Kier alpha value is -0.870. The van der Waals surface area contributed by atoms with Gasteiger partial charge in [0.05, 0.1) is 0 Å². The van der Waals surface area contributed by atoms with E-state index in [1.54, 1.807) is 11.3 Å². The summed E-state index contributed by atoms with van der Waals surface area (Å²) in [4.78, 5) is 13.2. The van der Waals surface area contributed by atoms with Crippen LogP contribution in [-0.4, -0.2) is 12.5 Å². The molecule has 0 saturated carbocycles. The number of thiophene rings is 1. The SMILES string of the molecule is Cc1cc(C(C)NCCC(N)=O)c(C)s1. The van der Waals surface area contributed by atoms with Crippen LogP contribution in [0.1, 0.15) is 34.7 Å². The van der Waals surface area contributed by atoms with E-state index in [1.807, 2.05) is 0 Å². The van der Waals surface area contributed by atoms with Crippen LogP contribution in [0.3, 0.4) is 0 Å². The van der Waals surface area contributed by atoms with E-state index in [4.69, 9.17) is 5.73 Å². The Labute approximate surface area is 94.7 Å². The van der Waals surface area contributed by atoms with Crippen LogP contribution in [0.2, 0.25) is 0 Å². The van der Waals surface area contributed by atoms with Crippen LogP contribution in [0.5, 0.6) is 0 Å². The van der Waals surface area contributed by atoms with Gasteiger partial charge in [-0.15, -0.1) is 11.3 Å². The number of amides is 1. The Morgan fingerprint density at radius 1 is 1.60 bits per heavy atom. The van der Waals surface area contributed by atoms with E-state index in [9.17, 15) is 4.79 Å². The Bertz CT molecular complexity index is 346. The van der Waals surface area contributed by atoms with Crippen LogP contribution in [-0.2, 0) is 4.79 Å². The van der Waals surface area contributed by atoms with Crippen LogP contribution in [0.4, 0.5) is 0 Å². The Morgan fingerprint density at radius 3 is 2.73 bits per heavy atom. The lowest BCUT2D eigenvalue weighted by molar-refractivity contribution is -0.117. The molecule has 1 rings (SSSR count). The molecule has 0 bridgehead atoms. The minimum Gasteiger partial charge on any atom is -0.370 e. The summed E-state index contributed by atoms with van der Waals surface area (Å²) in [5.41, 5.74) is 6.40. The number of nitrogens with two attached hydrogens (primary N) is 1. The number of primary amides is 1. The number of hydrogen-bond donors (Lipinski definition) is 2. The van der Waals surface area contributed by atoms with Crippen molar-refractivity contribution in [3.63, 3.8) is 0 Å². The Kier molecular flexibility index (Phi) is 4.29. The molecule has 84 valence electrons. The summed E-state index contributed by atoms with van der Waals surface area (Å²) in [6.45, 7) is 6.98. The standard InChI is InChI=1S/C11H18N2OS/c1-7-6-10(9(3)15-7)8(2)13-5-4-11(12)14/h6,8,13H,4-5H2,1-3H3,(H2,12,14). The number of rotatable bonds is 5. The predicted molar refractivity (Wildman–Crippen MR) is 64.0 cm³/mol. The number of carbonyl (C=O) groups excluding carboxylic acids is 1. The van der Waals surface area contributed by atoms with E-state index < -0.39 is 0 Å². The predicted octanol–water partition coefficient (Wildman–Crippen LogP) is 1.89. The van der Waals surface area contributed by atoms with Gasteiger partial charge in [0.1, 0.15) is 0 Å². The maximum atomic E-state index is 10.6. The maximum Gasteiger partial charge on any atom is 0.218 e. The number of aryl methyl sites for hydroxylation is 2. The summed E-state index contributed by atoms with van der Waals surface area (Å²) in [6.07, 6.45) is 0.395. The maximum absolute atomic E-state index is 10.6. The van der Waals surface area contributed by atoms with E-state index in [1.165, 1.54) is 15.3 Å². The van der Waals surface area contributed by atoms with E-state index in [0.717, 1.165) is 0 Å². The van der Waals surface area contributed by atoms with Gasteiger partial charge < -0.3 is 11.1 Å². The molecule has 1 amide bonds. The molecule has 0 radical (unpaired) electrons. The van der Waals surface area contributed by atoms with Crippen molar-refractivity contribution in [2.75, 3.05) is 6.54 Å². The molecule has 15 heavy (non-hydrogen) atoms. The van der Waals surface area contributed by atoms with Crippen LogP contribution >= 0.6 is 11.3 Å². The van der Waals surface area contributed by atoms with Crippen LogP contribution in [0.15, 0.2) is 6.07 Å². The number of nitrogens with one attached hydrogen (secondary N) is 1. The molecular formula is C11H18N2OS. The van der Waals surface area contributed by atoms with Gasteiger partial charge in [0.2, 0.25) is 5.91 Å². The van der Waals surface area contributed by atoms with Gasteiger partial charge in [0.15, 0.2) is 0 Å². The lowest BCUT2D eigenvalue weighted by atomic mass is 10.1. The fourth-order valence-electron chi connectivity index (χ4n) is 1.60. The highest BCUT2D eigenvalue weighted by Crippen LogP contribution is 2.25. The molecule has 0 fully saturated rings. The quantitative estimate of drug-likeness (QED) is 0.805. The first-order valence-electron chi connectivity index (χ1n) is 5.09. The van der Waals surface area contributed by atoms with Crippen LogP contribution in [0.25, 0.3) is 0 Å². The second-order valence-electron chi connectivity index (χ2n) is 3.76. The first kappa shape index (κ1) is 12.2. The third kappa shape index (κ3) is 3.64. The largest absolute Gasteiger partial charge is 0.370 e. The van der Waals surface area contributed by atoms with E-state index in [-0.39, 0.29) is 11.9 Å². The molecule has 0 spiro atoms. The summed E-state index contributed by atoms with van der Waals surface area (Å²) in [6, 6.07) is 2.48. The van der Waals surface area contributed by atoms with Crippen molar-refractivity contribution in [2.45, 2.75) is 33.2 Å². The highest BCUT2D eigenvalue weighted by molar-refractivity contribution is 7.12. The zero-order chi connectivity index (χ0) is 11.4. The van der Waals surface area contributed by atoms with Gasteiger partial charge in [0.25, 0.3) is 0 Å². The summed E-state index contributed by atoms with van der Waals surface area (Å²) < 4.78 is 0. The van der Waals surface area contributed by atoms with Gasteiger partial charge in [-0.1, -0.05) is 0 Å². The fourth-order valence-corrected chi connectivity index (χ4v) is 2.62. The van der Waals surface area contributed by atoms with Crippen molar-refractivity contribution in [3.8, 4) is 0 Å². The van der Waals surface area contributed by atoms with E-state index in [0.29, 0.717) is 13.0 Å². The molecule has 1 aromatic heterocycles. The number of carbonyl (C=O) groups is 1. The van der Waals surface area contributed by atoms with Gasteiger partial charge in [-0.25, -0.2) is 0 Å². The topological polar surface area (TPSA) is 55.1 Å². The minimum atomic E-state index is -0.257. The third-order valence-corrected chi connectivity index (χ3v) is 3.35. The lowest BCUT2D eigenvalue weighted by Gasteiger charge is -2.12. The summed E-state index contributed by atoms with van der Waals surface area (Å²) >= 11 is 1.81. The fraction of sp³-hybridized carbons (Fsp3) is 0.545. The van der Waals surface area contributed by atoms with Crippen molar-refractivity contribution in [1.82, 2.24) is 5.32 Å². The monoisotopic (exact) mass is 226 g/mol. The molecule has 4 heteroatoms. The van der Waals surface area contributed by atoms with Crippen molar-refractivity contribution in [3.05, 3.63) is 21.4 Å². The first-order chi connectivity index (χ1) is 7.00. The van der Waals surface area contributed by atoms with E-state index >= 15 is 0 Å². The number of hydrogen-bond acceptors (Lipinski definition) is 3. The highest BCUT2D eigenvalue weighted by Gasteiger charge is 2.10. The zero-order valence-electron chi connectivity index (χ0n) is 9.46. The smallest absolute Gasteiger partial charge is 0.218 e. The Balaban J connectivity index is 2.50. The van der Waals surface area contributed by atoms with Crippen molar-refractivity contribution < 1.29 is 4.79 Å². The molecule has 1 heterocycles. The van der Waals surface area contributed by atoms with Gasteiger partial charge in [-0.2, -0.15) is 0 Å². The molecule has 1 atom stereocenters. The highest BCUT2D eigenvalue weighted by atomic mass is 32.1.